The number of carboxylic acids is 2. The van der Waals surface area contributed by atoms with E-state index < -0.39 is 11.9 Å². The number of nitrogens with one attached hydrogen (secondary N) is 2. The molecule has 0 saturated carbocycles. The standard InChI is InChI=1S/C62H90N2O6/c1-5-9-13-17-21-25-29-33-45(34-30-26-22-18-14-10-6-2)63-59(65)51-41-37-47-49-39-43-53(61(67)68)58-54(62(69)70)44-40-50(56(49)58)48-38-42-52(57(51)55(47)48)60(66)64-46(35-31-27-23-19-15-11-7-3)36-32-28-24-20-16-12-8-4/h37-46H,5-36H2,1-4H3,(H,63,65)(H,64,66)(H,67,68)(H,69,70). The van der Waals surface area contributed by atoms with Gasteiger partial charge in [0.25, 0.3) is 11.8 Å². The second-order valence-electron chi connectivity index (χ2n) is 20.7. The van der Waals surface area contributed by atoms with E-state index in [2.05, 4.69) is 38.3 Å². The molecule has 0 saturated heterocycles. The summed E-state index contributed by atoms with van der Waals surface area (Å²) in [5, 5.41) is 32.6. The number of unbranched alkanes of at least 4 members (excludes halogenated alkanes) is 24. The minimum atomic E-state index is -1.20. The summed E-state index contributed by atoms with van der Waals surface area (Å²) < 4.78 is 0. The minimum absolute atomic E-state index is 0.00792. The Labute approximate surface area is 421 Å². The van der Waals surface area contributed by atoms with Gasteiger partial charge < -0.3 is 20.8 Å². The molecule has 70 heavy (non-hydrogen) atoms. The first-order valence-electron chi connectivity index (χ1n) is 28.4. The summed E-state index contributed by atoms with van der Waals surface area (Å²) in [6.07, 6.45) is 37.4. The molecule has 0 aliphatic carbocycles. The van der Waals surface area contributed by atoms with Gasteiger partial charge in [-0.3, -0.25) is 9.59 Å². The van der Waals surface area contributed by atoms with E-state index in [9.17, 15) is 19.8 Å². The van der Waals surface area contributed by atoms with Gasteiger partial charge in [-0.15, -0.1) is 0 Å². The predicted octanol–water partition coefficient (Wildman–Crippen LogP) is 17.9. The zero-order chi connectivity index (χ0) is 50.1. The Bertz CT molecular complexity index is 2190. The van der Waals surface area contributed by atoms with Gasteiger partial charge in [-0.25, -0.2) is 9.59 Å². The SMILES string of the molecule is CCCCCCCCCC(CCCCCCCCC)NC(=O)c1ccc2c3ccc(C(=O)O)c4c(C(=O)O)ccc(c5ccc(C(=O)NC(CCCCCCCCC)CCCCCCCCC)c1c25)c43. The number of carbonyl (C=O) groups excluding carboxylic acids is 2. The molecule has 8 nitrogen and oxygen atoms in total. The van der Waals surface area contributed by atoms with Crippen LogP contribution in [-0.2, 0) is 0 Å². The maximum absolute atomic E-state index is 15.0. The monoisotopic (exact) mass is 959 g/mol. The van der Waals surface area contributed by atoms with E-state index in [1.54, 1.807) is 12.1 Å². The first kappa shape index (κ1) is 56.2. The second-order valence-corrected chi connectivity index (χ2v) is 20.7. The largest absolute Gasteiger partial charge is 0.478 e. The van der Waals surface area contributed by atoms with E-state index in [1.807, 2.05) is 24.3 Å². The van der Waals surface area contributed by atoms with Crippen LogP contribution in [0, 0.1) is 0 Å². The molecule has 8 heteroatoms. The van der Waals surface area contributed by atoms with Crippen LogP contribution in [0.25, 0.3) is 43.1 Å². The predicted molar refractivity (Wildman–Crippen MR) is 295 cm³/mol. The molecule has 0 bridgehead atoms. The van der Waals surface area contributed by atoms with Gasteiger partial charge in [-0.1, -0.05) is 232 Å². The first-order chi connectivity index (χ1) is 34.2. The molecule has 384 valence electrons. The highest BCUT2D eigenvalue weighted by Crippen LogP contribution is 2.44. The Morgan fingerprint density at radius 3 is 0.814 bits per heavy atom. The van der Waals surface area contributed by atoms with Crippen LogP contribution >= 0.6 is 0 Å². The first-order valence-corrected chi connectivity index (χ1v) is 28.4. The maximum Gasteiger partial charge on any atom is 0.336 e. The van der Waals surface area contributed by atoms with Crippen molar-refractivity contribution in [3.63, 3.8) is 0 Å². The maximum atomic E-state index is 15.0. The smallest absolute Gasteiger partial charge is 0.336 e. The average Bonchev–Trinajstić information content (AvgIpc) is 3.35. The zero-order valence-electron chi connectivity index (χ0n) is 43.9. The lowest BCUT2D eigenvalue weighted by Crippen LogP contribution is -2.36. The number of rotatable bonds is 38. The number of hydrogen-bond donors (Lipinski definition) is 4. The molecule has 0 heterocycles. The summed E-state index contributed by atoms with van der Waals surface area (Å²) in [6.45, 7) is 8.98. The van der Waals surface area contributed by atoms with Gasteiger partial charge in [0.15, 0.2) is 0 Å². The van der Waals surface area contributed by atoms with E-state index in [4.69, 9.17) is 0 Å². The molecule has 0 aliphatic rings. The van der Waals surface area contributed by atoms with Crippen molar-refractivity contribution in [2.45, 2.75) is 245 Å². The quantitative estimate of drug-likeness (QED) is 0.0177. The van der Waals surface area contributed by atoms with Crippen molar-refractivity contribution < 1.29 is 29.4 Å². The number of carbonyl (C=O) groups is 4. The van der Waals surface area contributed by atoms with Gasteiger partial charge >= 0.3 is 11.9 Å². The molecule has 5 rings (SSSR count). The fraction of sp³-hybridized carbons (Fsp3) is 0.613. The molecule has 0 unspecified atom stereocenters. The molecule has 5 aromatic carbocycles. The second kappa shape index (κ2) is 30.9. The molecule has 2 amide bonds. The number of carboxylic acid groups (broad SMARTS) is 2. The summed E-state index contributed by atoms with van der Waals surface area (Å²) in [7, 11) is 0. The summed E-state index contributed by atoms with van der Waals surface area (Å²) in [5.74, 6) is -2.78. The molecule has 0 fully saturated rings. The molecule has 4 N–H and O–H groups in total. The average molecular weight is 959 g/mol. The minimum Gasteiger partial charge on any atom is -0.478 e. The Kier molecular flexibility index (Phi) is 24.8. The van der Waals surface area contributed by atoms with Crippen molar-refractivity contribution in [2.75, 3.05) is 0 Å². The fourth-order valence-corrected chi connectivity index (χ4v) is 11.1. The van der Waals surface area contributed by atoms with Crippen LogP contribution in [0.2, 0.25) is 0 Å². The Morgan fingerprint density at radius 1 is 0.329 bits per heavy atom. The van der Waals surface area contributed by atoms with E-state index in [-0.39, 0.29) is 40.4 Å². The molecule has 0 spiro atoms. The molecule has 0 aromatic heterocycles. The van der Waals surface area contributed by atoms with Crippen LogP contribution in [0.5, 0.6) is 0 Å². The van der Waals surface area contributed by atoms with E-state index in [1.165, 1.54) is 141 Å². The fourth-order valence-electron chi connectivity index (χ4n) is 11.1. The van der Waals surface area contributed by atoms with Gasteiger partial charge in [0, 0.05) is 34.0 Å². The summed E-state index contributed by atoms with van der Waals surface area (Å²) in [4.78, 5) is 55.4. The van der Waals surface area contributed by atoms with Gasteiger partial charge in [-0.05, 0) is 82.3 Å². The molecule has 5 aromatic rings. The number of benzene rings is 5. The molecular formula is C62H90N2O6. The Balaban J connectivity index is 1.56. The lowest BCUT2D eigenvalue weighted by Gasteiger charge is -2.23. The van der Waals surface area contributed by atoms with Crippen LogP contribution in [0.3, 0.4) is 0 Å². The third-order valence-electron chi connectivity index (χ3n) is 15.1. The normalized spacial score (nSPS) is 11.9. The molecule has 0 radical (unpaired) electrons. The van der Waals surface area contributed by atoms with Crippen molar-refractivity contribution in [3.8, 4) is 0 Å². The Morgan fingerprint density at radius 2 is 0.557 bits per heavy atom. The summed E-state index contributed by atoms with van der Waals surface area (Å²) in [5.41, 5.74) is 0.750. The summed E-state index contributed by atoms with van der Waals surface area (Å²) >= 11 is 0. The highest BCUT2D eigenvalue weighted by molar-refractivity contribution is 6.38. The highest BCUT2D eigenvalue weighted by Gasteiger charge is 2.27. The van der Waals surface area contributed by atoms with Gasteiger partial charge in [0.2, 0.25) is 0 Å². The number of fused-ring (bicyclic) bond motifs is 2. The topological polar surface area (TPSA) is 133 Å². The Hall–Kier alpha value is -4.72. The molecule has 0 aliphatic heterocycles. The third-order valence-corrected chi connectivity index (χ3v) is 15.1. The van der Waals surface area contributed by atoms with Crippen molar-refractivity contribution in [3.05, 3.63) is 70.8 Å². The van der Waals surface area contributed by atoms with Crippen molar-refractivity contribution in [1.82, 2.24) is 10.6 Å². The lowest BCUT2D eigenvalue weighted by molar-refractivity contribution is 0.0695. The van der Waals surface area contributed by atoms with Gasteiger partial charge in [-0.2, -0.15) is 0 Å². The third kappa shape index (κ3) is 16.2. The van der Waals surface area contributed by atoms with E-state index in [0.717, 1.165) is 93.2 Å². The van der Waals surface area contributed by atoms with Crippen LogP contribution in [0.4, 0.5) is 0 Å². The number of aromatic carboxylic acids is 2. The van der Waals surface area contributed by atoms with E-state index >= 15 is 9.59 Å². The van der Waals surface area contributed by atoms with Crippen LogP contribution in [-0.4, -0.2) is 46.0 Å². The molecular weight excluding hydrogens is 869 g/mol. The number of hydrogen-bond acceptors (Lipinski definition) is 4. The van der Waals surface area contributed by atoms with Crippen molar-refractivity contribution in [1.29, 1.82) is 0 Å². The van der Waals surface area contributed by atoms with Crippen LogP contribution < -0.4 is 10.6 Å². The summed E-state index contributed by atoms with van der Waals surface area (Å²) in [6, 6.07) is 14.0. The van der Waals surface area contributed by atoms with Crippen molar-refractivity contribution >= 4 is 66.8 Å². The van der Waals surface area contributed by atoms with Crippen LogP contribution in [0.15, 0.2) is 48.5 Å². The number of amides is 2. The highest BCUT2D eigenvalue weighted by atomic mass is 16.4. The van der Waals surface area contributed by atoms with Crippen LogP contribution in [0.1, 0.15) is 275 Å². The van der Waals surface area contributed by atoms with E-state index in [0.29, 0.717) is 32.7 Å². The van der Waals surface area contributed by atoms with Gasteiger partial charge in [0.1, 0.15) is 0 Å². The van der Waals surface area contributed by atoms with Gasteiger partial charge in [0.05, 0.1) is 11.1 Å². The zero-order valence-corrected chi connectivity index (χ0v) is 43.9. The molecule has 0 atom stereocenters. The lowest BCUT2D eigenvalue weighted by atomic mass is 9.84. The van der Waals surface area contributed by atoms with Crippen molar-refractivity contribution in [2.24, 2.45) is 0 Å².